The summed E-state index contributed by atoms with van der Waals surface area (Å²) in [5, 5.41) is 168. The van der Waals surface area contributed by atoms with Crippen LogP contribution >= 0.6 is 0 Å². The van der Waals surface area contributed by atoms with Crippen molar-refractivity contribution >= 4 is 18.1 Å². The summed E-state index contributed by atoms with van der Waals surface area (Å²) in [5.41, 5.74) is 0.411. The van der Waals surface area contributed by atoms with Crippen LogP contribution in [0.25, 0.3) is 12.2 Å². The molecule has 0 bridgehead atoms. The maximum Gasteiger partial charge on any atom is 0.331 e. The number of methoxy groups -OCH3 is 1. The summed E-state index contributed by atoms with van der Waals surface area (Å²) >= 11 is 0. The molecule has 5 aliphatic rings. The van der Waals surface area contributed by atoms with Crippen molar-refractivity contribution < 1.29 is 139 Å². The lowest BCUT2D eigenvalue weighted by molar-refractivity contribution is -0.325. The third-order valence-electron chi connectivity index (χ3n) is 13.3. The minimum absolute atomic E-state index is 0.0196. The zero-order valence-corrected chi connectivity index (χ0v) is 40.7. The van der Waals surface area contributed by atoms with Gasteiger partial charge in [-0.2, -0.15) is 0 Å². The standard InChI is InChI=1S/C49H60O28/c1-17-44(77-31(54)8-5-18-3-6-21(7-4-18)70-47-40(63)36(59)33(56)28(14-50)74-47)39(62)43(66)46(69-17)68-16-30-35(58)38(61)42(65)49(76-30)73-27-13-22-24(71-45(27)19-9-23(53)32(55)26(10-19)67-2)11-20(52)12-25(22)72-48-41(64)37(60)34(57)29(15-51)75-48/h3-13,17,28-30,33-53,55-66H,14-16H2,1-2H3. The number of hydrogen-bond acceptors (Lipinski definition) is 28. The average Bonchev–Trinajstić information content (AvgIpc) is 3.41. The normalized spacial score (nSPS) is 37.2. The number of phenols is 3. The first-order valence-corrected chi connectivity index (χ1v) is 23.9. The van der Waals surface area contributed by atoms with Crippen LogP contribution < -0.4 is 18.9 Å². The van der Waals surface area contributed by atoms with E-state index in [-0.39, 0.29) is 39.9 Å². The Morgan fingerprint density at radius 1 is 0.610 bits per heavy atom. The van der Waals surface area contributed by atoms with E-state index in [2.05, 4.69) is 0 Å². The van der Waals surface area contributed by atoms with Crippen LogP contribution in [0, 0.1) is 0 Å². The molecule has 0 amide bonds. The Morgan fingerprint density at radius 3 is 1.77 bits per heavy atom. The van der Waals surface area contributed by atoms with Crippen molar-refractivity contribution in [3.8, 4) is 40.2 Å². The van der Waals surface area contributed by atoms with Gasteiger partial charge in [0.25, 0.3) is 0 Å². The maximum absolute atomic E-state index is 12.9. The zero-order chi connectivity index (χ0) is 55.7. The number of carbonyl (C=O) groups excluding carboxylic acids is 1. The number of benzene rings is 3. The van der Waals surface area contributed by atoms with E-state index in [1.54, 1.807) is 0 Å². The fraction of sp³-hybridized carbons (Fsp3) is 0.531. The van der Waals surface area contributed by atoms with Crippen molar-refractivity contribution in [2.45, 2.75) is 136 Å². The van der Waals surface area contributed by atoms with Crippen LogP contribution in [0.1, 0.15) is 29.7 Å². The molecule has 4 saturated heterocycles. The summed E-state index contributed by atoms with van der Waals surface area (Å²) in [4.78, 5) is 12.9. The lowest BCUT2D eigenvalue weighted by Gasteiger charge is -2.43. The van der Waals surface area contributed by atoms with Crippen LogP contribution in [0.2, 0.25) is 0 Å². The minimum Gasteiger partial charge on any atom is -0.508 e. The molecular formula is C49H60O28. The molecule has 5 heterocycles. The van der Waals surface area contributed by atoms with E-state index in [0.717, 1.165) is 24.3 Å². The van der Waals surface area contributed by atoms with Gasteiger partial charge in [-0.3, -0.25) is 0 Å². The van der Waals surface area contributed by atoms with Crippen LogP contribution in [-0.4, -0.2) is 237 Å². The molecule has 0 radical (unpaired) electrons. The molecule has 21 atom stereocenters. The van der Waals surface area contributed by atoms with E-state index in [0.29, 0.717) is 5.56 Å². The van der Waals surface area contributed by atoms with Crippen LogP contribution in [0.5, 0.6) is 40.2 Å². The Morgan fingerprint density at radius 2 is 1.17 bits per heavy atom. The Hall–Kier alpha value is -5.71. The molecule has 28 nitrogen and oxygen atoms in total. The summed E-state index contributed by atoms with van der Waals surface area (Å²) in [7, 11) is 1.19. The van der Waals surface area contributed by atoms with Gasteiger partial charge in [-0.05, 0) is 48.9 Å². The van der Waals surface area contributed by atoms with E-state index < -0.39 is 172 Å². The fourth-order valence-corrected chi connectivity index (χ4v) is 8.94. The molecule has 3 aromatic carbocycles. The van der Waals surface area contributed by atoms with Crippen molar-refractivity contribution in [1.29, 1.82) is 0 Å². The Balaban J connectivity index is 0.934. The highest BCUT2D eigenvalue weighted by atomic mass is 16.7. The quantitative estimate of drug-likeness (QED) is 0.0366. The summed E-state index contributed by atoms with van der Waals surface area (Å²) in [6.45, 7) is -0.757. The van der Waals surface area contributed by atoms with Gasteiger partial charge in [-0.1, -0.05) is 12.1 Å². The second-order valence-corrected chi connectivity index (χ2v) is 18.6. The first-order chi connectivity index (χ1) is 36.6. The number of rotatable bonds is 16. The molecule has 28 heteroatoms. The van der Waals surface area contributed by atoms with Crippen LogP contribution in [0.4, 0.5) is 0 Å². The Kier molecular flexibility index (Phi) is 18.0. The van der Waals surface area contributed by atoms with Crippen LogP contribution in [0.3, 0.4) is 0 Å². The van der Waals surface area contributed by atoms with Gasteiger partial charge in [0.1, 0.15) is 114 Å². The summed E-state index contributed by atoms with van der Waals surface area (Å²) in [5.74, 6) is -3.59. The Bertz CT molecular complexity index is 2560. The van der Waals surface area contributed by atoms with Crippen molar-refractivity contribution in [2.24, 2.45) is 0 Å². The highest BCUT2D eigenvalue weighted by molar-refractivity contribution is 5.87. The number of carbonyl (C=O) groups is 1. The molecule has 16 N–H and O–H groups in total. The second-order valence-electron chi connectivity index (χ2n) is 18.6. The molecule has 8 rings (SSSR count). The van der Waals surface area contributed by atoms with Gasteiger partial charge in [0, 0.05) is 23.8 Å². The summed E-state index contributed by atoms with van der Waals surface area (Å²) in [6.07, 6.45) is -31.4. The maximum atomic E-state index is 12.9. The fourth-order valence-electron chi connectivity index (χ4n) is 8.94. The number of fused-ring (bicyclic) bond motifs is 1. The highest BCUT2D eigenvalue weighted by Gasteiger charge is 2.50. The number of phenolic OH excluding ortho intramolecular Hbond substituents is 3. The van der Waals surface area contributed by atoms with Crippen molar-refractivity contribution in [2.75, 3.05) is 26.9 Å². The van der Waals surface area contributed by atoms with Crippen molar-refractivity contribution in [3.05, 3.63) is 77.1 Å². The molecule has 21 unspecified atom stereocenters. The molecule has 3 aromatic rings. The van der Waals surface area contributed by atoms with E-state index in [1.807, 2.05) is 0 Å². The third kappa shape index (κ3) is 12.1. The lowest BCUT2D eigenvalue weighted by Crippen LogP contribution is -2.61. The number of hydrogen-bond donors (Lipinski definition) is 16. The monoisotopic (exact) mass is 1100 g/mol. The third-order valence-corrected chi connectivity index (χ3v) is 13.3. The van der Waals surface area contributed by atoms with E-state index >= 15 is 0 Å². The van der Waals surface area contributed by atoms with Crippen LogP contribution in [0.15, 0.2) is 60.4 Å². The van der Waals surface area contributed by atoms with E-state index in [4.69, 9.17) is 52.1 Å². The number of aliphatic hydroxyl groups excluding tert-OH is 13. The highest BCUT2D eigenvalue weighted by Crippen LogP contribution is 2.48. The molecule has 5 aliphatic heterocycles. The zero-order valence-electron chi connectivity index (χ0n) is 40.7. The summed E-state index contributed by atoms with van der Waals surface area (Å²) in [6, 6.07) is 10.4. The predicted octanol–water partition coefficient (Wildman–Crippen LogP) is -4.42. The molecular weight excluding hydrogens is 1040 g/mol. The van der Waals surface area contributed by atoms with E-state index in [1.165, 1.54) is 56.5 Å². The molecule has 0 spiro atoms. The lowest BCUT2D eigenvalue weighted by atomic mass is 9.97. The first kappa shape index (κ1) is 57.5. The molecule has 0 aliphatic carbocycles. The smallest absolute Gasteiger partial charge is 0.331 e. The van der Waals surface area contributed by atoms with Gasteiger partial charge >= 0.3 is 5.97 Å². The van der Waals surface area contributed by atoms with Crippen molar-refractivity contribution in [3.63, 3.8) is 0 Å². The van der Waals surface area contributed by atoms with Gasteiger partial charge in [0.15, 0.2) is 30.0 Å². The average molecular weight is 1100 g/mol. The SMILES string of the molecule is COc1cc(C2Oc3cc(O)cc(OC4OC(CO)C(O)C(O)C4O)c3C=C2OC2OC(COC3OC(C)C(OC(=O)C=Cc4ccc(OC5OC(CO)C(O)C(O)C5O)cc4)C(O)C3O)C(O)C(O)C2O)cc(O)c1O. The first-order valence-electron chi connectivity index (χ1n) is 23.9. The second kappa shape index (κ2) is 24.1. The van der Waals surface area contributed by atoms with Crippen molar-refractivity contribution in [1.82, 2.24) is 0 Å². The molecule has 0 saturated carbocycles. The number of ether oxygens (including phenoxy) is 11. The number of aromatic hydroxyl groups is 3. The van der Waals surface area contributed by atoms with Crippen LogP contribution in [-0.2, 0) is 38.0 Å². The molecule has 4 fully saturated rings. The van der Waals surface area contributed by atoms with Gasteiger partial charge < -0.3 is 134 Å². The number of esters is 1. The minimum atomic E-state index is -2.03. The molecule has 424 valence electrons. The number of aliphatic hydroxyl groups is 13. The molecule has 0 aromatic heterocycles. The predicted molar refractivity (Wildman–Crippen MR) is 250 cm³/mol. The van der Waals surface area contributed by atoms with Gasteiger partial charge in [0.2, 0.25) is 24.6 Å². The Labute approximate surface area is 436 Å². The topological polar surface area (TPSA) is 442 Å². The van der Waals surface area contributed by atoms with Gasteiger partial charge in [-0.25, -0.2) is 4.79 Å². The summed E-state index contributed by atoms with van der Waals surface area (Å²) < 4.78 is 62.6. The van der Waals surface area contributed by atoms with E-state index in [9.17, 15) is 86.5 Å². The largest absolute Gasteiger partial charge is 0.508 e. The van der Waals surface area contributed by atoms with Gasteiger partial charge in [-0.15, -0.1) is 0 Å². The molecule has 77 heavy (non-hydrogen) atoms. The van der Waals surface area contributed by atoms with Gasteiger partial charge in [0.05, 0.1) is 38.6 Å².